The van der Waals surface area contributed by atoms with Crippen LogP contribution in [0.25, 0.3) is 0 Å². The van der Waals surface area contributed by atoms with E-state index in [0.29, 0.717) is 17.0 Å². The Morgan fingerprint density at radius 3 is 2.50 bits per heavy atom. The molecule has 0 fully saturated rings. The van der Waals surface area contributed by atoms with Crippen LogP contribution < -0.4 is 15.8 Å². The maximum Gasteiger partial charge on any atom is 0.412 e. The lowest BCUT2D eigenvalue weighted by molar-refractivity contribution is -0.137. The van der Waals surface area contributed by atoms with Gasteiger partial charge in [0.15, 0.2) is 0 Å². The highest BCUT2D eigenvalue weighted by Gasteiger charge is 2.19. The monoisotopic (exact) mass is 310 g/mol. The molecule has 1 aromatic carbocycles. The predicted molar refractivity (Wildman–Crippen MR) is 82.0 cm³/mol. The van der Waals surface area contributed by atoms with Crippen molar-refractivity contribution in [2.45, 2.75) is 38.8 Å². The summed E-state index contributed by atoms with van der Waals surface area (Å²) in [7, 11) is 1.46. The van der Waals surface area contributed by atoms with Gasteiger partial charge in [-0.25, -0.2) is 4.79 Å². The summed E-state index contributed by atoms with van der Waals surface area (Å²) in [5, 5.41) is 11.4. The minimum atomic E-state index is -0.995. The number of amides is 1. The molecule has 1 atom stereocenters. The molecule has 1 unspecified atom stereocenters. The quantitative estimate of drug-likeness (QED) is 0.770. The largest absolute Gasteiger partial charge is 0.495 e. The first-order valence-corrected chi connectivity index (χ1v) is 6.77. The fourth-order valence-corrected chi connectivity index (χ4v) is 1.77. The van der Waals surface area contributed by atoms with Crippen molar-refractivity contribution in [2.24, 2.45) is 5.73 Å². The topological polar surface area (TPSA) is 111 Å². The average Bonchev–Trinajstić information content (AvgIpc) is 2.35. The highest BCUT2D eigenvalue weighted by Crippen LogP contribution is 2.29. The molecule has 0 aliphatic rings. The Hall–Kier alpha value is -2.28. The van der Waals surface area contributed by atoms with Gasteiger partial charge in [-0.3, -0.25) is 10.1 Å². The van der Waals surface area contributed by atoms with Crippen LogP contribution in [0.2, 0.25) is 0 Å². The van der Waals surface area contributed by atoms with E-state index in [1.807, 2.05) is 0 Å². The van der Waals surface area contributed by atoms with E-state index in [1.54, 1.807) is 39.0 Å². The lowest BCUT2D eigenvalue weighted by Crippen LogP contribution is -2.27. The molecule has 0 radical (unpaired) electrons. The number of rotatable bonds is 5. The molecule has 1 aromatic rings. The number of nitrogens with two attached hydrogens (primary N) is 1. The Balaban J connectivity index is 2.96. The van der Waals surface area contributed by atoms with E-state index in [2.05, 4.69) is 5.32 Å². The number of carboxylic acid groups (broad SMARTS) is 1. The predicted octanol–water partition coefficient (Wildman–Crippen LogP) is 2.52. The molecule has 0 saturated carbocycles. The van der Waals surface area contributed by atoms with Crippen LogP contribution in [0.3, 0.4) is 0 Å². The van der Waals surface area contributed by atoms with E-state index in [1.165, 1.54) is 7.11 Å². The van der Waals surface area contributed by atoms with Gasteiger partial charge in [-0.1, -0.05) is 6.07 Å². The number of hydrogen-bond acceptors (Lipinski definition) is 5. The minimum absolute atomic E-state index is 0.210. The van der Waals surface area contributed by atoms with E-state index in [4.69, 9.17) is 20.3 Å². The van der Waals surface area contributed by atoms with Gasteiger partial charge in [-0.2, -0.15) is 0 Å². The number of aliphatic carboxylic acids is 1. The number of hydrogen-bond donors (Lipinski definition) is 3. The van der Waals surface area contributed by atoms with Crippen molar-refractivity contribution < 1.29 is 24.2 Å². The van der Waals surface area contributed by atoms with Gasteiger partial charge in [0.25, 0.3) is 0 Å². The summed E-state index contributed by atoms with van der Waals surface area (Å²) < 4.78 is 10.3. The molecule has 0 saturated heterocycles. The maximum atomic E-state index is 11.8. The van der Waals surface area contributed by atoms with Crippen LogP contribution in [0.1, 0.15) is 38.8 Å². The van der Waals surface area contributed by atoms with E-state index in [9.17, 15) is 9.59 Å². The number of carbonyl (C=O) groups excluding carboxylic acids is 1. The molecule has 0 bridgehead atoms. The highest BCUT2D eigenvalue weighted by molar-refractivity contribution is 5.87. The van der Waals surface area contributed by atoms with Crippen molar-refractivity contribution >= 4 is 17.7 Å². The lowest BCUT2D eigenvalue weighted by atomic mass is 10.0. The Morgan fingerprint density at radius 2 is 2.00 bits per heavy atom. The van der Waals surface area contributed by atoms with Gasteiger partial charge in [0.2, 0.25) is 0 Å². The van der Waals surface area contributed by atoms with E-state index >= 15 is 0 Å². The maximum absolute atomic E-state index is 11.8. The van der Waals surface area contributed by atoms with Crippen molar-refractivity contribution in [1.29, 1.82) is 0 Å². The lowest BCUT2D eigenvalue weighted by Gasteiger charge is -2.21. The summed E-state index contributed by atoms with van der Waals surface area (Å²) in [5.41, 5.74) is 6.14. The number of nitrogens with one attached hydrogen (secondary N) is 1. The fraction of sp³-hybridized carbons (Fsp3) is 0.467. The van der Waals surface area contributed by atoms with Crippen LogP contribution in [0.5, 0.6) is 5.75 Å². The number of benzene rings is 1. The standard InChI is InChI=1S/C15H22N2O5/c1-15(2,3)22-14(20)17-11-7-9(5-6-12(11)21-4)10(16)8-13(18)19/h5-7,10H,8,16H2,1-4H3,(H,17,20)(H,18,19). The fourth-order valence-electron chi connectivity index (χ4n) is 1.77. The third-order valence-corrected chi connectivity index (χ3v) is 2.68. The first-order valence-electron chi connectivity index (χ1n) is 6.77. The molecule has 7 nitrogen and oxygen atoms in total. The van der Waals surface area contributed by atoms with Crippen molar-refractivity contribution in [3.63, 3.8) is 0 Å². The highest BCUT2D eigenvalue weighted by atomic mass is 16.6. The zero-order valence-corrected chi connectivity index (χ0v) is 13.2. The normalized spacial score (nSPS) is 12.4. The molecule has 122 valence electrons. The summed E-state index contributed by atoms with van der Waals surface area (Å²) in [6, 6.07) is 4.18. The third kappa shape index (κ3) is 5.61. The van der Waals surface area contributed by atoms with Crippen molar-refractivity contribution in [2.75, 3.05) is 12.4 Å². The van der Waals surface area contributed by atoms with Gasteiger partial charge in [-0.15, -0.1) is 0 Å². The first kappa shape index (κ1) is 17.8. The zero-order valence-electron chi connectivity index (χ0n) is 13.2. The van der Waals surface area contributed by atoms with Gasteiger partial charge >= 0.3 is 12.1 Å². The smallest absolute Gasteiger partial charge is 0.412 e. The number of carbonyl (C=O) groups is 2. The first-order chi connectivity index (χ1) is 10.1. The summed E-state index contributed by atoms with van der Waals surface area (Å²) in [6.45, 7) is 5.26. The van der Waals surface area contributed by atoms with Crippen LogP contribution in [0.4, 0.5) is 10.5 Å². The number of methoxy groups -OCH3 is 1. The van der Waals surface area contributed by atoms with E-state index < -0.39 is 23.7 Å². The Bertz CT molecular complexity index is 551. The molecular weight excluding hydrogens is 288 g/mol. The van der Waals surface area contributed by atoms with E-state index in [0.717, 1.165) is 0 Å². The molecule has 0 aromatic heterocycles. The summed E-state index contributed by atoms with van der Waals surface area (Å²) in [4.78, 5) is 22.6. The zero-order chi connectivity index (χ0) is 16.9. The minimum Gasteiger partial charge on any atom is -0.495 e. The SMILES string of the molecule is COc1ccc(C(N)CC(=O)O)cc1NC(=O)OC(C)(C)C. The van der Waals surface area contributed by atoms with Gasteiger partial charge in [0.05, 0.1) is 19.2 Å². The Labute approximate surface area is 129 Å². The summed E-state index contributed by atoms with van der Waals surface area (Å²) >= 11 is 0. The van der Waals surface area contributed by atoms with Crippen LogP contribution in [0, 0.1) is 0 Å². The molecule has 7 heteroatoms. The molecule has 22 heavy (non-hydrogen) atoms. The number of anilines is 1. The van der Waals surface area contributed by atoms with Gasteiger partial charge in [0, 0.05) is 6.04 Å². The van der Waals surface area contributed by atoms with Gasteiger partial charge in [0.1, 0.15) is 11.4 Å². The molecule has 0 aliphatic carbocycles. The second kappa shape index (κ2) is 7.13. The van der Waals surface area contributed by atoms with Crippen molar-refractivity contribution in [1.82, 2.24) is 0 Å². The molecule has 4 N–H and O–H groups in total. The third-order valence-electron chi connectivity index (χ3n) is 2.68. The second-order valence-electron chi connectivity index (χ2n) is 5.79. The second-order valence-corrected chi connectivity index (χ2v) is 5.79. The van der Waals surface area contributed by atoms with Crippen LogP contribution in [-0.2, 0) is 9.53 Å². The number of carboxylic acids is 1. The molecule has 0 heterocycles. The van der Waals surface area contributed by atoms with Crippen molar-refractivity contribution in [3.05, 3.63) is 23.8 Å². The van der Waals surface area contributed by atoms with Crippen molar-refractivity contribution in [3.8, 4) is 5.75 Å². The molecule has 0 aliphatic heterocycles. The van der Waals surface area contributed by atoms with Crippen LogP contribution >= 0.6 is 0 Å². The average molecular weight is 310 g/mol. The summed E-state index contributed by atoms with van der Waals surface area (Å²) in [5.74, 6) is -0.567. The molecule has 1 rings (SSSR count). The number of ether oxygens (including phenoxy) is 2. The van der Waals surface area contributed by atoms with Gasteiger partial charge in [-0.05, 0) is 38.5 Å². The Morgan fingerprint density at radius 1 is 1.36 bits per heavy atom. The van der Waals surface area contributed by atoms with Crippen LogP contribution in [-0.4, -0.2) is 29.9 Å². The van der Waals surface area contributed by atoms with E-state index in [-0.39, 0.29) is 6.42 Å². The molecule has 1 amide bonds. The Kier molecular flexibility index (Phi) is 5.76. The van der Waals surface area contributed by atoms with Gasteiger partial charge < -0.3 is 20.3 Å². The molecule has 0 spiro atoms. The van der Waals surface area contributed by atoms with Crippen LogP contribution in [0.15, 0.2) is 18.2 Å². The summed E-state index contributed by atoms with van der Waals surface area (Å²) in [6.07, 6.45) is -0.840. The molecular formula is C15H22N2O5.